The number of fused-ring (bicyclic) bond motifs is 1. The molecule has 0 spiro atoms. The third-order valence-corrected chi connectivity index (χ3v) is 3.12. The first-order valence-electron chi connectivity index (χ1n) is 6.41. The molecule has 19 heavy (non-hydrogen) atoms. The van der Waals surface area contributed by atoms with Crippen LogP contribution in [-0.4, -0.2) is 18.6 Å². The summed E-state index contributed by atoms with van der Waals surface area (Å²) in [7, 11) is 0. The average Bonchev–Trinajstić information content (AvgIpc) is 2.64. The van der Waals surface area contributed by atoms with Crippen molar-refractivity contribution in [2.24, 2.45) is 5.92 Å². The van der Waals surface area contributed by atoms with E-state index in [-0.39, 0.29) is 17.7 Å². The Labute approximate surface area is 112 Å². The lowest BCUT2D eigenvalue weighted by Gasteiger charge is -2.13. The van der Waals surface area contributed by atoms with E-state index in [1.165, 1.54) is 0 Å². The van der Waals surface area contributed by atoms with Gasteiger partial charge in [-0.3, -0.25) is 10.1 Å². The summed E-state index contributed by atoms with van der Waals surface area (Å²) < 4.78 is 4.83. The Morgan fingerprint density at radius 1 is 1.47 bits per heavy atom. The van der Waals surface area contributed by atoms with Gasteiger partial charge in [0.2, 0.25) is 5.91 Å². The molecule has 1 aliphatic rings. The molecule has 0 saturated heterocycles. The number of nitrogens with one attached hydrogen (secondary N) is 2. The standard InChI is InChI=1S/C14H18N2O3/c1-4-19-14(18)15-9-5-6-11-10(7-9)12(8(2)3)13(17)16-11/h5-8,12H,4H2,1-3H3,(H,15,18)(H,16,17). The van der Waals surface area contributed by atoms with Crippen LogP contribution in [0.3, 0.4) is 0 Å². The molecule has 5 nitrogen and oxygen atoms in total. The van der Waals surface area contributed by atoms with Crippen LogP contribution in [0.1, 0.15) is 32.3 Å². The molecule has 0 fully saturated rings. The van der Waals surface area contributed by atoms with Crippen LogP contribution in [0, 0.1) is 5.92 Å². The van der Waals surface area contributed by atoms with E-state index >= 15 is 0 Å². The highest BCUT2D eigenvalue weighted by atomic mass is 16.5. The molecule has 2 rings (SSSR count). The highest BCUT2D eigenvalue weighted by Gasteiger charge is 2.32. The monoisotopic (exact) mass is 262 g/mol. The van der Waals surface area contributed by atoms with Gasteiger partial charge in [0.1, 0.15) is 0 Å². The highest BCUT2D eigenvalue weighted by Crippen LogP contribution is 2.38. The molecule has 0 bridgehead atoms. The van der Waals surface area contributed by atoms with Gasteiger partial charge in [0.05, 0.1) is 12.5 Å². The maximum atomic E-state index is 11.9. The van der Waals surface area contributed by atoms with E-state index in [1.54, 1.807) is 19.1 Å². The number of benzene rings is 1. The van der Waals surface area contributed by atoms with Crippen molar-refractivity contribution >= 4 is 23.4 Å². The molecule has 0 aromatic heterocycles. The van der Waals surface area contributed by atoms with Crippen LogP contribution in [0.2, 0.25) is 0 Å². The minimum Gasteiger partial charge on any atom is -0.450 e. The maximum Gasteiger partial charge on any atom is 0.411 e. The summed E-state index contributed by atoms with van der Waals surface area (Å²) in [6, 6.07) is 5.38. The van der Waals surface area contributed by atoms with Crippen LogP contribution >= 0.6 is 0 Å². The number of amides is 2. The Morgan fingerprint density at radius 3 is 2.84 bits per heavy atom. The number of rotatable bonds is 3. The van der Waals surface area contributed by atoms with Crippen LogP contribution in [0.4, 0.5) is 16.2 Å². The lowest BCUT2D eigenvalue weighted by Crippen LogP contribution is -2.17. The topological polar surface area (TPSA) is 67.4 Å². The van der Waals surface area contributed by atoms with E-state index in [1.807, 2.05) is 19.9 Å². The normalized spacial score (nSPS) is 17.1. The summed E-state index contributed by atoms with van der Waals surface area (Å²) in [6.07, 6.45) is -0.485. The molecule has 0 saturated carbocycles. The van der Waals surface area contributed by atoms with Crippen LogP contribution in [0.5, 0.6) is 0 Å². The first-order chi connectivity index (χ1) is 9.02. The number of carbonyl (C=O) groups is 2. The van der Waals surface area contributed by atoms with E-state index in [2.05, 4.69) is 10.6 Å². The molecule has 0 radical (unpaired) electrons. The van der Waals surface area contributed by atoms with E-state index in [0.717, 1.165) is 11.3 Å². The zero-order valence-corrected chi connectivity index (χ0v) is 11.3. The number of hydrogen-bond donors (Lipinski definition) is 2. The van der Waals surface area contributed by atoms with E-state index in [9.17, 15) is 9.59 Å². The zero-order chi connectivity index (χ0) is 14.0. The van der Waals surface area contributed by atoms with Gasteiger partial charge in [-0.1, -0.05) is 13.8 Å². The van der Waals surface area contributed by atoms with Crippen molar-refractivity contribution in [3.63, 3.8) is 0 Å². The van der Waals surface area contributed by atoms with Crippen LogP contribution in [-0.2, 0) is 9.53 Å². The van der Waals surface area contributed by atoms with Crippen molar-refractivity contribution in [1.82, 2.24) is 0 Å². The first kappa shape index (κ1) is 13.4. The van der Waals surface area contributed by atoms with Crippen molar-refractivity contribution in [3.8, 4) is 0 Å². The van der Waals surface area contributed by atoms with Gasteiger partial charge in [-0.15, -0.1) is 0 Å². The number of hydrogen-bond acceptors (Lipinski definition) is 3. The minimum absolute atomic E-state index is 0.0123. The summed E-state index contributed by atoms with van der Waals surface area (Å²) in [4.78, 5) is 23.3. The largest absolute Gasteiger partial charge is 0.450 e. The van der Waals surface area contributed by atoms with Crippen molar-refractivity contribution in [2.45, 2.75) is 26.7 Å². The Hall–Kier alpha value is -2.04. The zero-order valence-electron chi connectivity index (χ0n) is 11.3. The molecule has 1 aromatic rings. The minimum atomic E-state index is -0.485. The molecular weight excluding hydrogens is 244 g/mol. The van der Waals surface area contributed by atoms with Gasteiger partial charge in [-0.05, 0) is 36.6 Å². The van der Waals surface area contributed by atoms with Crippen molar-refractivity contribution < 1.29 is 14.3 Å². The van der Waals surface area contributed by atoms with Crippen molar-refractivity contribution in [2.75, 3.05) is 17.2 Å². The number of ether oxygens (including phenoxy) is 1. The van der Waals surface area contributed by atoms with Crippen LogP contribution in [0.25, 0.3) is 0 Å². The molecule has 1 heterocycles. The molecule has 2 amide bonds. The molecule has 1 aliphatic heterocycles. The Kier molecular flexibility index (Phi) is 3.74. The Balaban J connectivity index is 2.24. The summed E-state index contributed by atoms with van der Waals surface area (Å²) in [5.41, 5.74) is 2.38. The third kappa shape index (κ3) is 2.70. The van der Waals surface area contributed by atoms with Gasteiger partial charge < -0.3 is 10.1 Å². The summed E-state index contributed by atoms with van der Waals surface area (Å²) >= 11 is 0. The van der Waals surface area contributed by atoms with Gasteiger partial charge in [0.15, 0.2) is 0 Å². The van der Waals surface area contributed by atoms with E-state index in [0.29, 0.717) is 12.3 Å². The van der Waals surface area contributed by atoms with E-state index < -0.39 is 6.09 Å². The summed E-state index contributed by atoms with van der Waals surface area (Å²) in [5, 5.41) is 5.50. The molecule has 0 aliphatic carbocycles. The fourth-order valence-electron chi connectivity index (χ4n) is 2.31. The third-order valence-electron chi connectivity index (χ3n) is 3.12. The lowest BCUT2D eigenvalue weighted by atomic mass is 9.89. The maximum absolute atomic E-state index is 11.9. The molecule has 5 heteroatoms. The van der Waals surface area contributed by atoms with Gasteiger partial charge in [-0.2, -0.15) is 0 Å². The predicted octanol–water partition coefficient (Wildman–Crippen LogP) is 2.95. The Morgan fingerprint density at radius 2 is 2.21 bits per heavy atom. The first-order valence-corrected chi connectivity index (χ1v) is 6.41. The van der Waals surface area contributed by atoms with Crippen LogP contribution < -0.4 is 10.6 Å². The molecule has 102 valence electrons. The fourth-order valence-corrected chi connectivity index (χ4v) is 2.31. The number of anilines is 2. The Bertz CT molecular complexity index is 511. The summed E-state index contributed by atoms with van der Waals surface area (Å²) in [6.45, 7) is 6.08. The molecular formula is C14H18N2O3. The summed E-state index contributed by atoms with van der Waals surface area (Å²) in [5.74, 6) is 0.0522. The SMILES string of the molecule is CCOC(=O)Nc1ccc2c(c1)C(C(C)C)C(=O)N2. The second kappa shape index (κ2) is 5.30. The average molecular weight is 262 g/mol. The van der Waals surface area contributed by atoms with Crippen molar-refractivity contribution in [1.29, 1.82) is 0 Å². The quantitative estimate of drug-likeness (QED) is 0.880. The van der Waals surface area contributed by atoms with Gasteiger partial charge in [0.25, 0.3) is 0 Å². The second-order valence-corrected chi connectivity index (χ2v) is 4.86. The smallest absolute Gasteiger partial charge is 0.411 e. The molecule has 1 aromatic carbocycles. The molecule has 2 N–H and O–H groups in total. The molecule has 1 unspecified atom stereocenters. The fraction of sp³-hybridized carbons (Fsp3) is 0.429. The lowest BCUT2D eigenvalue weighted by molar-refractivity contribution is -0.117. The second-order valence-electron chi connectivity index (χ2n) is 4.86. The van der Waals surface area contributed by atoms with Gasteiger partial charge in [0, 0.05) is 11.4 Å². The molecule has 1 atom stereocenters. The number of carbonyl (C=O) groups excluding carboxylic acids is 2. The van der Waals surface area contributed by atoms with Gasteiger partial charge >= 0.3 is 6.09 Å². The van der Waals surface area contributed by atoms with Crippen molar-refractivity contribution in [3.05, 3.63) is 23.8 Å². The van der Waals surface area contributed by atoms with E-state index in [4.69, 9.17) is 4.74 Å². The highest BCUT2D eigenvalue weighted by molar-refractivity contribution is 6.03. The predicted molar refractivity (Wildman–Crippen MR) is 73.3 cm³/mol. The van der Waals surface area contributed by atoms with Crippen LogP contribution in [0.15, 0.2) is 18.2 Å². The van der Waals surface area contributed by atoms with Gasteiger partial charge in [-0.25, -0.2) is 4.79 Å².